The highest BCUT2D eigenvalue weighted by molar-refractivity contribution is 5.71. The molecule has 0 saturated carbocycles. The zero-order valence-corrected chi connectivity index (χ0v) is 13.5. The number of nitrogens with zero attached hydrogens (tertiary/aromatic N) is 4. The fourth-order valence-corrected chi connectivity index (χ4v) is 2.80. The van der Waals surface area contributed by atoms with Crippen molar-refractivity contribution in [3.8, 4) is 16.8 Å². The number of nitro groups is 2. The molecule has 0 atom stereocenters. The molecular weight excluding hydrogens is 324 g/mol. The number of non-ortho nitro benzene ring substituents is 2. The average Bonchev–Trinajstić information content (AvgIpc) is 2.89. The van der Waals surface area contributed by atoms with Gasteiger partial charge in [0.05, 0.1) is 21.2 Å². The second-order valence-corrected chi connectivity index (χ2v) is 5.54. The van der Waals surface area contributed by atoms with Gasteiger partial charge in [-0.15, -0.1) is 0 Å². The van der Waals surface area contributed by atoms with Gasteiger partial charge >= 0.3 is 0 Å². The predicted molar refractivity (Wildman–Crippen MR) is 91.8 cm³/mol. The van der Waals surface area contributed by atoms with E-state index in [-0.39, 0.29) is 11.4 Å². The Labute approximate surface area is 142 Å². The zero-order valence-electron chi connectivity index (χ0n) is 13.5. The molecule has 8 nitrogen and oxygen atoms in total. The third-order valence-electron chi connectivity index (χ3n) is 3.94. The minimum absolute atomic E-state index is 0.00388. The standard InChI is InChI=1S/C17H14N4O4/c1-11-17(13-4-3-5-16(10-13)21(24)25)12(2)19(18-11)14-6-8-15(9-7-14)20(22)23/h3-10H,1-2H3. The summed E-state index contributed by atoms with van der Waals surface area (Å²) in [5.41, 5.74) is 3.73. The molecule has 1 aromatic heterocycles. The maximum absolute atomic E-state index is 11.0. The summed E-state index contributed by atoms with van der Waals surface area (Å²) in [6.07, 6.45) is 0. The molecule has 8 heteroatoms. The Bertz CT molecular complexity index is 977. The molecule has 0 saturated heterocycles. The molecular formula is C17H14N4O4. The van der Waals surface area contributed by atoms with E-state index >= 15 is 0 Å². The third kappa shape index (κ3) is 2.97. The van der Waals surface area contributed by atoms with Gasteiger partial charge < -0.3 is 0 Å². The van der Waals surface area contributed by atoms with Crippen LogP contribution in [0, 0.1) is 34.1 Å². The molecule has 3 rings (SSSR count). The molecule has 0 amide bonds. The Kier molecular flexibility index (Phi) is 4.02. The van der Waals surface area contributed by atoms with Crippen LogP contribution in [0.5, 0.6) is 0 Å². The van der Waals surface area contributed by atoms with E-state index in [2.05, 4.69) is 5.10 Å². The van der Waals surface area contributed by atoms with Gasteiger partial charge in [-0.05, 0) is 31.5 Å². The van der Waals surface area contributed by atoms with Crippen molar-refractivity contribution in [2.24, 2.45) is 0 Å². The molecule has 0 aliphatic heterocycles. The molecule has 0 spiro atoms. The number of nitro benzene ring substituents is 2. The SMILES string of the molecule is Cc1nn(-c2ccc([N+](=O)[O-])cc2)c(C)c1-c1cccc([N+](=O)[O-])c1. The minimum Gasteiger partial charge on any atom is -0.258 e. The van der Waals surface area contributed by atoms with E-state index in [0.29, 0.717) is 11.3 Å². The first-order valence-electron chi connectivity index (χ1n) is 7.44. The van der Waals surface area contributed by atoms with Gasteiger partial charge in [0.1, 0.15) is 0 Å². The van der Waals surface area contributed by atoms with Crippen molar-refractivity contribution in [1.82, 2.24) is 9.78 Å². The summed E-state index contributed by atoms with van der Waals surface area (Å²) in [6.45, 7) is 3.68. The summed E-state index contributed by atoms with van der Waals surface area (Å²) in [5, 5.41) is 26.3. The van der Waals surface area contributed by atoms with Crippen molar-refractivity contribution in [3.63, 3.8) is 0 Å². The van der Waals surface area contributed by atoms with Crippen LogP contribution in [0.15, 0.2) is 48.5 Å². The van der Waals surface area contributed by atoms with Crippen LogP contribution in [0.25, 0.3) is 16.8 Å². The van der Waals surface area contributed by atoms with E-state index in [1.165, 1.54) is 24.3 Å². The van der Waals surface area contributed by atoms with Gasteiger partial charge in [-0.3, -0.25) is 20.2 Å². The van der Waals surface area contributed by atoms with Gasteiger partial charge in [-0.2, -0.15) is 5.10 Å². The Balaban J connectivity index is 2.08. The van der Waals surface area contributed by atoms with Crippen molar-refractivity contribution in [1.29, 1.82) is 0 Å². The number of hydrogen-bond donors (Lipinski definition) is 0. The highest BCUT2D eigenvalue weighted by Crippen LogP contribution is 2.31. The van der Waals surface area contributed by atoms with Crippen LogP contribution in [-0.4, -0.2) is 19.6 Å². The summed E-state index contributed by atoms with van der Waals surface area (Å²) >= 11 is 0. The fourth-order valence-electron chi connectivity index (χ4n) is 2.80. The van der Waals surface area contributed by atoms with Gasteiger partial charge in [-0.25, -0.2) is 4.68 Å². The van der Waals surface area contributed by atoms with E-state index in [1.54, 1.807) is 28.9 Å². The number of rotatable bonds is 4. The highest BCUT2D eigenvalue weighted by Gasteiger charge is 2.17. The van der Waals surface area contributed by atoms with Crippen LogP contribution >= 0.6 is 0 Å². The quantitative estimate of drug-likeness (QED) is 0.529. The second-order valence-electron chi connectivity index (χ2n) is 5.54. The first-order chi connectivity index (χ1) is 11.9. The van der Waals surface area contributed by atoms with E-state index in [0.717, 1.165) is 17.0 Å². The van der Waals surface area contributed by atoms with E-state index < -0.39 is 9.85 Å². The maximum atomic E-state index is 11.0. The van der Waals surface area contributed by atoms with Crippen LogP contribution in [0.1, 0.15) is 11.4 Å². The van der Waals surface area contributed by atoms with Gasteiger partial charge in [0.25, 0.3) is 11.4 Å². The Morgan fingerprint density at radius 1 is 0.920 bits per heavy atom. The predicted octanol–water partition coefficient (Wildman–Crippen LogP) is 3.97. The summed E-state index contributed by atoms with van der Waals surface area (Å²) in [7, 11) is 0. The van der Waals surface area contributed by atoms with Crippen molar-refractivity contribution in [2.75, 3.05) is 0 Å². The van der Waals surface area contributed by atoms with E-state index in [9.17, 15) is 20.2 Å². The van der Waals surface area contributed by atoms with Gasteiger partial charge in [0.2, 0.25) is 0 Å². The normalized spacial score (nSPS) is 10.6. The number of aromatic nitrogens is 2. The largest absolute Gasteiger partial charge is 0.270 e. The number of benzene rings is 2. The first kappa shape index (κ1) is 16.3. The van der Waals surface area contributed by atoms with Gasteiger partial charge in [0, 0.05) is 35.5 Å². The molecule has 0 aliphatic rings. The van der Waals surface area contributed by atoms with Crippen LogP contribution in [-0.2, 0) is 0 Å². The Hall–Kier alpha value is -3.55. The third-order valence-corrected chi connectivity index (χ3v) is 3.94. The average molecular weight is 338 g/mol. The monoisotopic (exact) mass is 338 g/mol. The lowest BCUT2D eigenvalue weighted by molar-refractivity contribution is -0.385. The van der Waals surface area contributed by atoms with Crippen molar-refractivity contribution in [3.05, 3.63) is 80.1 Å². The second kappa shape index (κ2) is 6.16. The minimum atomic E-state index is -0.459. The van der Waals surface area contributed by atoms with Crippen LogP contribution in [0.4, 0.5) is 11.4 Å². The number of aryl methyl sites for hydroxylation is 1. The van der Waals surface area contributed by atoms with E-state index in [1.807, 2.05) is 13.8 Å². The summed E-state index contributed by atoms with van der Waals surface area (Å²) in [4.78, 5) is 20.9. The molecule has 0 N–H and O–H groups in total. The number of hydrogen-bond acceptors (Lipinski definition) is 5. The lowest BCUT2D eigenvalue weighted by Crippen LogP contribution is -1.99. The van der Waals surface area contributed by atoms with Gasteiger partial charge in [-0.1, -0.05) is 12.1 Å². The molecule has 1 heterocycles. The van der Waals surface area contributed by atoms with E-state index in [4.69, 9.17) is 0 Å². The van der Waals surface area contributed by atoms with Crippen LogP contribution in [0.2, 0.25) is 0 Å². The molecule has 0 bridgehead atoms. The lowest BCUT2D eigenvalue weighted by atomic mass is 10.0. The summed E-state index contributed by atoms with van der Waals surface area (Å²) < 4.78 is 1.67. The lowest BCUT2D eigenvalue weighted by Gasteiger charge is -2.06. The maximum Gasteiger partial charge on any atom is 0.270 e. The molecule has 3 aromatic rings. The van der Waals surface area contributed by atoms with Crippen molar-refractivity contribution in [2.45, 2.75) is 13.8 Å². The fraction of sp³-hybridized carbons (Fsp3) is 0.118. The topological polar surface area (TPSA) is 104 Å². The summed E-state index contributed by atoms with van der Waals surface area (Å²) in [6, 6.07) is 12.5. The molecule has 2 aromatic carbocycles. The Morgan fingerprint density at radius 3 is 2.16 bits per heavy atom. The van der Waals surface area contributed by atoms with Crippen LogP contribution in [0.3, 0.4) is 0 Å². The Morgan fingerprint density at radius 2 is 1.56 bits per heavy atom. The zero-order chi connectivity index (χ0) is 18.1. The summed E-state index contributed by atoms with van der Waals surface area (Å²) in [5.74, 6) is 0. The van der Waals surface area contributed by atoms with Crippen LogP contribution < -0.4 is 0 Å². The molecule has 25 heavy (non-hydrogen) atoms. The molecule has 126 valence electrons. The smallest absolute Gasteiger partial charge is 0.258 e. The highest BCUT2D eigenvalue weighted by atomic mass is 16.6. The molecule has 0 unspecified atom stereocenters. The van der Waals surface area contributed by atoms with Crippen molar-refractivity contribution >= 4 is 11.4 Å². The molecule has 0 fully saturated rings. The molecule has 0 radical (unpaired) electrons. The van der Waals surface area contributed by atoms with Crippen molar-refractivity contribution < 1.29 is 9.85 Å². The first-order valence-corrected chi connectivity index (χ1v) is 7.44. The van der Waals surface area contributed by atoms with Gasteiger partial charge in [0.15, 0.2) is 0 Å². The molecule has 0 aliphatic carbocycles.